The first-order valence-corrected chi connectivity index (χ1v) is 18.3. The third-order valence-electron chi connectivity index (χ3n) is 8.09. The van der Waals surface area contributed by atoms with E-state index in [1.54, 1.807) is 23.5 Å². The van der Waals surface area contributed by atoms with Gasteiger partial charge in [-0.3, -0.25) is 9.80 Å². The Morgan fingerprint density at radius 1 is 0.362 bits per heavy atom. The lowest BCUT2D eigenvalue weighted by Crippen LogP contribution is -2.31. The number of anilines is 6. The molecule has 0 saturated carbocycles. The molecule has 6 aromatic carbocycles. The summed E-state index contributed by atoms with van der Waals surface area (Å²) in [6.45, 7) is 0. The molecule has 0 aliphatic carbocycles. The van der Waals surface area contributed by atoms with Crippen LogP contribution in [0, 0.1) is 0 Å². The molecule has 0 amide bonds. The first-order valence-electron chi connectivity index (χ1n) is 15.3. The van der Waals surface area contributed by atoms with Gasteiger partial charge in [-0.2, -0.15) is 15.0 Å². The predicted molar refractivity (Wildman–Crippen MR) is 196 cm³/mol. The first kappa shape index (κ1) is 28.3. The Morgan fingerprint density at radius 3 is 1.04 bits per heavy atom. The van der Waals surface area contributed by atoms with Crippen molar-refractivity contribution >= 4 is 82.3 Å². The van der Waals surface area contributed by atoms with E-state index in [0.29, 0.717) is 11.9 Å². The summed E-state index contributed by atoms with van der Waals surface area (Å²) >= 11 is 3.55. The molecular formula is C39H26N5PS2. The molecule has 0 bridgehead atoms. The van der Waals surface area contributed by atoms with Crippen LogP contribution in [0.4, 0.5) is 34.6 Å². The van der Waals surface area contributed by atoms with Gasteiger partial charge in [0.2, 0.25) is 11.9 Å². The van der Waals surface area contributed by atoms with Gasteiger partial charge >= 0.3 is 0 Å². The molecule has 0 fully saturated rings. The molecule has 0 radical (unpaired) electrons. The number of nitrogens with zero attached hydrogens (tertiary/aromatic N) is 5. The number of aromatic nitrogens is 3. The first-order chi connectivity index (χ1) is 23.3. The molecule has 2 aliphatic heterocycles. The fourth-order valence-corrected chi connectivity index (χ4v) is 10.2. The maximum atomic E-state index is 5.41. The molecule has 7 aromatic rings. The van der Waals surface area contributed by atoms with Crippen LogP contribution in [0.5, 0.6) is 0 Å². The van der Waals surface area contributed by atoms with Gasteiger partial charge in [0.05, 0.1) is 22.7 Å². The Kier molecular flexibility index (Phi) is 7.23. The Morgan fingerprint density at radius 2 is 0.681 bits per heavy atom. The van der Waals surface area contributed by atoms with E-state index in [9.17, 15) is 0 Å². The van der Waals surface area contributed by atoms with E-state index in [4.69, 9.17) is 15.0 Å². The van der Waals surface area contributed by atoms with E-state index < -0.39 is 7.92 Å². The topological polar surface area (TPSA) is 45.2 Å². The van der Waals surface area contributed by atoms with Crippen molar-refractivity contribution in [3.63, 3.8) is 0 Å². The highest BCUT2D eigenvalue weighted by atomic mass is 32.2. The number of rotatable bonds is 5. The SMILES string of the molecule is c1ccc(P(c2ccccc2)c2nc(N3c4ccccc4Sc4ccccc43)nc(N3c4ccccc4Sc4ccccc43)n2)cc1. The monoisotopic (exact) mass is 659 g/mol. The second kappa shape index (κ2) is 12.0. The van der Waals surface area contributed by atoms with E-state index in [1.807, 2.05) is 0 Å². The highest BCUT2D eigenvalue weighted by molar-refractivity contribution is 8.00. The zero-order valence-corrected chi connectivity index (χ0v) is 27.5. The summed E-state index contributed by atoms with van der Waals surface area (Å²) in [5.74, 6) is 1.19. The number of hydrogen-bond donors (Lipinski definition) is 0. The average molecular weight is 660 g/mol. The third kappa shape index (κ3) is 5.08. The molecular weight excluding hydrogens is 634 g/mol. The molecule has 47 heavy (non-hydrogen) atoms. The summed E-state index contributed by atoms with van der Waals surface area (Å²) in [4.78, 5) is 25.2. The minimum Gasteiger partial charge on any atom is -0.277 e. The summed E-state index contributed by atoms with van der Waals surface area (Å²) in [5.41, 5.74) is 4.96. The van der Waals surface area contributed by atoms with Gasteiger partial charge in [0, 0.05) is 27.5 Å². The number of para-hydroxylation sites is 4. The Hall–Kier alpha value is -4.94. The summed E-state index contributed by atoms with van der Waals surface area (Å²) in [6.07, 6.45) is 0. The molecule has 0 unspecified atom stereocenters. The van der Waals surface area contributed by atoms with Crippen molar-refractivity contribution in [2.75, 3.05) is 9.80 Å². The van der Waals surface area contributed by atoms with Crippen LogP contribution in [0.1, 0.15) is 0 Å². The molecule has 0 saturated heterocycles. The molecule has 0 spiro atoms. The number of benzene rings is 6. The van der Waals surface area contributed by atoms with Crippen LogP contribution in [-0.2, 0) is 0 Å². The van der Waals surface area contributed by atoms with Crippen molar-refractivity contribution < 1.29 is 0 Å². The second-order valence-corrected chi connectivity index (χ2v) is 15.3. The highest BCUT2D eigenvalue weighted by Gasteiger charge is 2.32. The average Bonchev–Trinajstić information content (AvgIpc) is 3.13. The lowest BCUT2D eigenvalue weighted by atomic mass is 10.2. The smallest absolute Gasteiger partial charge is 0.240 e. The summed E-state index contributed by atoms with van der Waals surface area (Å²) in [6, 6.07) is 55.2. The molecule has 8 heteroatoms. The van der Waals surface area contributed by atoms with Crippen LogP contribution in [0.2, 0.25) is 0 Å². The van der Waals surface area contributed by atoms with Gasteiger partial charge in [-0.15, -0.1) is 0 Å². The van der Waals surface area contributed by atoms with Crippen molar-refractivity contribution in [2.45, 2.75) is 19.6 Å². The van der Waals surface area contributed by atoms with Gasteiger partial charge in [-0.25, -0.2) is 0 Å². The summed E-state index contributed by atoms with van der Waals surface area (Å²) in [7, 11) is -1.12. The fourth-order valence-electron chi connectivity index (χ4n) is 6.02. The number of hydrogen-bond acceptors (Lipinski definition) is 7. The van der Waals surface area contributed by atoms with Crippen LogP contribution in [0.15, 0.2) is 177 Å². The maximum absolute atomic E-state index is 5.41. The van der Waals surface area contributed by atoms with Crippen LogP contribution >= 0.6 is 31.4 Å². The van der Waals surface area contributed by atoms with Crippen molar-refractivity contribution in [2.24, 2.45) is 0 Å². The zero-order chi connectivity index (χ0) is 31.2. The van der Waals surface area contributed by atoms with Crippen LogP contribution in [0.3, 0.4) is 0 Å². The lowest BCUT2D eigenvalue weighted by Gasteiger charge is -2.34. The van der Waals surface area contributed by atoms with E-state index in [-0.39, 0.29) is 0 Å². The van der Waals surface area contributed by atoms with Crippen LogP contribution in [-0.4, -0.2) is 15.0 Å². The third-order valence-corrected chi connectivity index (χ3v) is 12.6. The molecule has 1 aromatic heterocycles. The molecule has 0 N–H and O–H groups in total. The highest BCUT2D eigenvalue weighted by Crippen LogP contribution is 2.53. The Labute approximate surface area is 283 Å². The molecule has 0 atom stereocenters. The van der Waals surface area contributed by atoms with Crippen molar-refractivity contribution in [3.05, 3.63) is 158 Å². The van der Waals surface area contributed by atoms with Gasteiger partial charge in [0.1, 0.15) is 0 Å². The zero-order valence-electron chi connectivity index (χ0n) is 25.0. The minimum atomic E-state index is -1.12. The predicted octanol–water partition coefficient (Wildman–Crippen LogP) is 9.50. The van der Waals surface area contributed by atoms with Gasteiger partial charge < -0.3 is 0 Å². The van der Waals surface area contributed by atoms with Crippen molar-refractivity contribution in [1.29, 1.82) is 0 Å². The fraction of sp³-hybridized carbons (Fsp3) is 0. The Bertz CT molecular complexity index is 2000. The van der Waals surface area contributed by atoms with E-state index in [1.165, 1.54) is 10.6 Å². The molecule has 2 aliphatic rings. The van der Waals surface area contributed by atoms with Gasteiger partial charge in [0.15, 0.2) is 5.57 Å². The number of fused-ring (bicyclic) bond motifs is 4. The van der Waals surface area contributed by atoms with Crippen molar-refractivity contribution in [3.8, 4) is 0 Å². The molecule has 9 rings (SSSR count). The van der Waals surface area contributed by atoms with Gasteiger partial charge in [-0.1, -0.05) is 133 Å². The van der Waals surface area contributed by atoms with E-state index in [2.05, 4.69) is 168 Å². The largest absolute Gasteiger partial charge is 0.277 e. The van der Waals surface area contributed by atoms with Crippen molar-refractivity contribution in [1.82, 2.24) is 15.0 Å². The quantitative estimate of drug-likeness (QED) is 0.171. The lowest BCUT2D eigenvalue weighted by molar-refractivity contribution is 0.980. The molecule has 224 valence electrons. The van der Waals surface area contributed by atoms with Crippen LogP contribution < -0.4 is 26.0 Å². The summed E-state index contributed by atoms with van der Waals surface area (Å²) in [5, 5.41) is 2.36. The van der Waals surface area contributed by atoms with Crippen LogP contribution in [0.25, 0.3) is 0 Å². The maximum Gasteiger partial charge on any atom is 0.240 e. The summed E-state index contributed by atoms with van der Waals surface area (Å²) < 4.78 is 0. The second-order valence-electron chi connectivity index (χ2n) is 11.0. The Balaban J connectivity index is 1.34. The minimum absolute atomic E-state index is 0.595. The van der Waals surface area contributed by atoms with Gasteiger partial charge in [-0.05, 0) is 59.1 Å². The van der Waals surface area contributed by atoms with E-state index >= 15 is 0 Å². The standard InChI is InChI=1S/C39H26N5PS2/c1-3-15-27(16-4-1)45(28-17-5-2-6-18-28)39-41-37(43-29-19-7-11-23-33(29)46-34-24-12-8-20-30(34)43)40-38(42-39)44-31-21-9-13-25-35(31)47-36-26-14-10-22-32(36)44/h1-26H. The molecule has 5 nitrogen and oxygen atoms in total. The normalized spacial score (nSPS) is 13.0. The van der Waals surface area contributed by atoms with Gasteiger partial charge in [0.25, 0.3) is 0 Å². The molecule has 3 heterocycles. The van der Waals surface area contributed by atoms with E-state index in [0.717, 1.165) is 47.9 Å².